The molecule has 1 aliphatic rings. The molecule has 6 nitrogen and oxygen atoms in total. The van der Waals surface area contributed by atoms with Crippen LogP contribution in [0.25, 0.3) is 0 Å². The second-order valence-corrected chi connectivity index (χ2v) is 8.10. The van der Waals surface area contributed by atoms with E-state index in [2.05, 4.69) is 59.2 Å². The van der Waals surface area contributed by atoms with Crippen LogP contribution in [-0.2, 0) is 13.6 Å². The number of aliphatic imine (C=N–C) groups is 1. The molecule has 1 aliphatic heterocycles. The molecule has 1 fully saturated rings. The van der Waals surface area contributed by atoms with Crippen LogP contribution in [0.2, 0.25) is 0 Å². The number of hydrogen-bond acceptors (Lipinski definition) is 3. The summed E-state index contributed by atoms with van der Waals surface area (Å²) in [7, 11) is 5.94. The molecule has 1 aromatic rings. The summed E-state index contributed by atoms with van der Waals surface area (Å²) in [5.41, 5.74) is 2.45. The Morgan fingerprint density at radius 3 is 2.88 bits per heavy atom. The Hall–Kier alpha value is -1.56. The summed E-state index contributed by atoms with van der Waals surface area (Å²) in [5.74, 6) is 2.24. The Morgan fingerprint density at radius 1 is 1.46 bits per heavy atom. The Morgan fingerprint density at radius 2 is 2.23 bits per heavy atom. The lowest BCUT2D eigenvalue weighted by Crippen LogP contribution is -2.40. The minimum atomic E-state index is 0.432. The van der Waals surface area contributed by atoms with Crippen LogP contribution >= 0.6 is 0 Å². The first-order chi connectivity index (χ1) is 12.4. The quantitative estimate of drug-likeness (QED) is 0.460. The number of aryl methyl sites for hydroxylation is 1. The third-order valence-corrected chi connectivity index (χ3v) is 5.14. The molecular formula is C20H38N6. The molecule has 2 rings (SSSR count). The van der Waals surface area contributed by atoms with E-state index in [1.165, 1.54) is 43.7 Å². The molecule has 148 valence electrons. The molecule has 1 N–H and O–H groups in total. The third-order valence-electron chi connectivity index (χ3n) is 5.14. The first-order valence-electron chi connectivity index (χ1n) is 10.1. The van der Waals surface area contributed by atoms with Gasteiger partial charge in [0.15, 0.2) is 5.96 Å². The van der Waals surface area contributed by atoms with Gasteiger partial charge in [0.05, 0.1) is 5.69 Å². The Bertz CT molecular complexity index is 577. The summed E-state index contributed by atoms with van der Waals surface area (Å²) in [6.45, 7) is 12.2. The van der Waals surface area contributed by atoms with E-state index in [0.717, 1.165) is 31.4 Å². The molecule has 1 atom stereocenters. The van der Waals surface area contributed by atoms with Crippen molar-refractivity contribution in [2.45, 2.75) is 52.5 Å². The van der Waals surface area contributed by atoms with Crippen molar-refractivity contribution in [2.24, 2.45) is 18.0 Å². The van der Waals surface area contributed by atoms with Gasteiger partial charge < -0.3 is 15.1 Å². The van der Waals surface area contributed by atoms with Gasteiger partial charge in [-0.15, -0.1) is 0 Å². The summed E-state index contributed by atoms with van der Waals surface area (Å²) in [4.78, 5) is 9.24. The van der Waals surface area contributed by atoms with Gasteiger partial charge in [0.25, 0.3) is 0 Å². The molecule has 2 heterocycles. The number of aromatic nitrogens is 2. The van der Waals surface area contributed by atoms with Crippen molar-refractivity contribution in [3.8, 4) is 0 Å². The average molecular weight is 363 g/mol. The summed E-state index contributed by atoms with van der Waals surface area (Å²) in [6.07, 6.45) is 6.02. The molecule has 0 spiro atoms. The second-order valence-electron chi connectivity index (χ2n) is 8.10. The van der Waals surface area contributed by atoms with Crippen LogP contribution in [0.3, 0.4) is 0 Å². The highest BCUT2D eigenvalue weighted by Crippen LogP contribution is 2.18. The van der Waals surface area contributed by atoms with Gasteiger partial charge in [-0.2, -0.15) is 5.10 Å². The fourth-order valence-electron chi connectivity index (χ4n) is 3.87. The number of guanidine groups is 1. The van der Waals surface area contributed by atoms with Crippen molar-refractivity contribution >= 4 is 5.96 Å². The molecule has 26 heavy (non-hydrogen) atoms. The topological polar surface area (TPSA) is 48.7 Å². The van der Waals surface area contributed by atoms with Crippen molar-refractivity contribution < 1.29 is 0 Å². The highest BCUT2D eigenvalue weighted by molar-refractivity contribution is 5.79. The van der Waals surface area contributed by atoms with Gasteiger partial charge in [-0.05, 0) is 44.2 Å². The summed E-state index contributed by atoms with van der Waals surface area (Å²) in [5, 5.41) is 8.12. The zero-order chi connectivity index (χ0) is 19.1. The van der Waals surface area contributed by atoms with Crippen molar-refractivity contribution in [1.82, 2.24) is 24.9 Å². The van der Waals surface area contributed by atoms with Gasteiger partial charge >= 0.3 is 0 Å². The lowest BCUT2D eigenvalue weighted by molar-refractivity contribution is 0.182. The van der Waals surface area contributed by atoms with Crippen LogP contribution in [0.15, 0.2) is 11.2 Å². The fraction of sp³-hybridized carbons (Fsp3) is 0.800. The number of nitrogens with zero attached hydrogens (tertiary/aromatic N) is 5. The maximum atomic E-state index is 4.61. The lowest BCUT2D eigenvalue weighted by Gasteiger charge is -2.31. The molecule has 0 amide bonds. The van der Waals surface area contributed by atoms with Gasteiger partial charge in [0.2, 0.25) is 0 Å². The van der Waals surface area contributed by atoms with E-state index in [-0.39, 0.29) is 0 Å². The SMILES string of the molecule is CN=C(NCCCN1CCCC(C)C1)N(C)Cc1cn(C)nc1C(C)C. The Labute approximate surface area is 159 Å². The van der Waals surface area contributed by atoms with E-state index in [1.807, 2.05) is 18.8 Å². The first-order valence-corrected chi connectivity index (χ1v) is 10.1. The molecule has 1 aromatic heterocycles. The number of rotatable bonds is 7. The molecule has 0 radical (unpaired) electrons. The van der Waals surface area contributed by atoms with Gasteiger partial charge in [-0.25, -0.2) is 0 Å². The first kappa shape index (κ1) is 20.7. The molecule has 6 heteroatoms. The highest BCUT2D eigenvalue weighted by atomic mass is 15.3. The predicted molar refractivity (Wildman–Crippen MR) is 110 cm³/mol. The molecule has 0 aromatic carbocycles. The zero-order valence-corrected chi connectivity index (χ0v) is 17.6. The van der Waals surface area contributed by atoms with Crippen LogP contribution in [0.4, 0.5) is 0 Å². The molecular weight excluding hydrogens is 324 g/mol. The van der Waals surface area contributed by atoms with Crippen LogP contribution in [0, 0.1) is 5.92 Å². The fourth-order valence-corrected chi connectivity index (χ4v) is 3.87. The Kier molecular flexibility index (Phi) is 7.94. The number of piperidine rings is 1. The lowest BCUT2D eigenvalue weighted by atomic mass is 10.0. The summed E-state index contributed by atoms with van der Waals surface area (Å²) < 4.78 is 1.91. The van der Waals surface area contributed by atoms with Crippen LogP contribution in [0.5, 0.6) is 0 Å². The van der Waals surface area contributed by atoms with E-state index in [9.17, 15) is 0 Å². The van der Waals surface area contributed by atoms with Crippen molar-refractivity contribution in [2.75, 3.05) is 40.3 Å². The molecule has 0 bridgehead atoms. The molecule has 0 aliphatic carbocycles. The number of hydrogen-bond donors (Lipinski definition) is 1. The standard InChI is InChI=1S/C20H38N6/c1-16(2)19-18(15-25(6)23-19)14-24(5)20(21-4)22-10-8-12-26-11-7-9-17(3)13-26/h15-17H,7-14H2,1-6H3,(H,21,22). The van der Waals surface area contributed by atoms with Gasteiger partial charge in [-0.1, -0.05) is 20.8 Å². The summed E-state index contributed by atoms with van der Waals surface area (Å²) >= 11 is 0. The van der Waals surface area contributed by atoms with Gasteiger partial charge in [-0.3, -0.25) is 9.67 Å². The van der Waals surface area contributed by atoms with Crippen molar-refractivity contribution in [1.29, 1.82) is 0 Å². The second kappa shape index (κ2) is 9.95. The van der Waals surface area contributed by atoms with Crippen LogP contribution < -0.4 is 5.32 Å². The predicted octanol–water partition coefficient (Wildman–Crippen LogP) is 2.67. The molecule has 1 unspecified atom stereocenters. The van der Waals surface area contributed by atoms with E-state index in [0.29, 0.717) is 5.92 Å². The minimum Gasteiger partial charge on any atom is -0.356 e. The van der Waals surface area contributed by atoms with Gasteiger partial charge in [0.1, 0.15) is 0 Å². The maximum Gasteiger partial charge on any atom is 0.193 e. The van der Waals surface area contributed by atoms with E-state index in [4.69, 9.17) is 0 Å². The largest absolute Gasteiger partial charge is 0.356 e. The number of likely N-dealkylation sites (tertiary alicyclic amines) is 1. The molecule has 1 saturated heterocycles. The summed E-state index contributed by atoms with van der Waals surface area (Å²) in [6, 6.07) is 0. The van der Waals surface area contributed by atoms with Crippen LogP contribution in [0.1, 0.15) is 57.2 Å². The van der Waals surface area contributed by atoms with Crippen molar-refractivity contribution in [3.63, 3.8) is 0 Å². The van der Waals surface area contributed by atoms with Gasteiger partial charge in [0, 0.05) is 52.5 Å². The Balaban J connectivity index is 1.79. The van der Waals surface area contributed by atoms with E-state index >= 15 is 0 Å². The van der Waals surface area contributed by atoms with Crippen molar-refractivity contribution in [3.05, 3.63) is 17.5 Å². The zero-order valence-electron chi connectivity index (χ0n) is 17.6. The van der Waals surface area contributed by atoms with E-state index < -0.39 is 0 Å². The number of nitrogens with one attached hydrogen (secondary N) is 1. The monoisotopic (exact) mass is 362 g/mol. The molecule has 0 saturated carbocycles. The maximum absolute atomic E-state index is 4.61. The highest BCUT2D eigenvalue weighted by Gasteiger charge is 2.16. The third kappa shape index (κ3) is 6.01. The normalized spacial score (nSPS) is 19.2. The van der Waals surface area contributed by atoms with Crippen LogP contribution in [-0.4, -0.2) is 65.8 Å². The minimum absolute atomic E-state index is 0.432. The smallest absolute Gasteiger partial charge is 0.193 e. The average Bonchev–Trinajstić information content (AvgIpc) is 2.95. The van der Waals surface area contributed by atoms with E-state index in [1.54, 1.807) is 0 Å².